The standard InChI is InChI=1S/C17H13N4O3.2Na.O3S/c1-11-7-9-13(10-8-11)21-16(22)14(15(20-21)17(23)24)19-18-12-5-3-2-4-6-12;;;1-4(2)3/h3-10,20H,1H3,(H,23,24);;;/q-1;2*+1;/p-1. The van der Waals surface area contributed by atoms with Gasteiger partial charge in [0.1, 0.15) is 5.69 Å². The third-order valence-electron chi connectivity index (χ3n) is 3.33. The van der Waals surface area contributed by atoms with Crippen molar-refractivity contribution in [1.82, 2.24) is 9.78 Å². The van der Waals surface area contributed by atoms with Gasteiger partial charge in [0.15, 0.2) is 5.69 Å². The zero-order valence-corrected chi connectivity index (χ0v) is 21.1. The Morgan fingerprint density at radius 2 is 1.57 bits per heavy atom. The second-order valence-corrected chi connectivity index (χ2v) is 5.67. The number of H-pyrrole nitrogens is 1. The number of aromatic carboxylic acids is 1. The zero-order valence-electron chi connectivity index (χ0n) is 16.3. The molecule has 0 atom stereocenters. The molecule has 2 aromatic carbocycles. The van der Waals surface area contributed by atoms with Crippen molar-refractivity contribution in [1.29, 1.82) is 0 Å². The number of azo groups is 1. The van der Waals surface area contributed by atoms with Crippen LogP contribution in [0, 0.1) is 13.0 Å². The Morgan fingerprint density at radius 3 is 2.07 bits per heavy atom. The Kier molecular flexibility index (Phi) is 12.6. The molecule has 144 valence electrons. The molecular weight excluding hydrogens is 434 g/mol. The van der Waals surface area contributed by atoms with Crippen LogP contribution in [0.3, 0.4) is 0 Å². The summed E-state index contributed by atoms with van der Waals surface area (Å²) in [6.45, 7) is 1.91. The molecule has 0 aliphatic heterocycles. The van der Waals surface area contributed by atoms with E-state index in [1.807, 2.05) is 19.1 Å². The van der Waals surface area contributed by atoms with E-state index in [2.05, 4.69) is 21.4 Å². The van der Waals surface area contributed by atoms with Gasteiger partial charge in [-0.25, -0.2) is 4.68 Å². The van der Waals surface area contributed by atoms with Crippen molar-refractivity contribution >= 4 is 28.0 Å². The Balaban J connectivity index is 0.00000129. The van der Waals surface area contributed by atoms with Gasteiger partial charge in [-0.1, -0.05) is 17.7 Å². The van der Waals surface area contributed by atoms with E-state index < -0.39 is 27.8 Å². The third-order valence-corrected chi connectivity index (χ3v) is 3.33. The van der Waals surface area contributed by atoms with Gasteiger partial charge in [-0.2, -0.15) is 23.3 Å². The second kappa shape index (κ2) is 13.4. The quantitative estimate of drug-likeness (QED) is 0.241. The van der Waals surface area contributed by atoms with Crippen molar-refractivity contribution < 1.29 is 81.6 Å². The SMILES string of the molecule is Cc1ccc(-n2[nH]c(C(=O)[O-])c(N=Nc3cc[c-]cc3)c2=O)cc1.O=S(=O)=O.[Na+].[Na+]. The van der Waals surface area contributed by atoms with Gasteiger partial charge in [-0.05, 0) is 24.7 Å². The number of carboxylic acid groups (broad SMARTS) is 1. The van der Waals surface area contributed by atoms with Crippen LogP contribution in [0.2, 0.25) is 0 Å². The number of carbonyl (C=O) groups is 1. The van der Waals surface area contributed by atoms with E-state index in [1.165, 1.54) is 0 Å². The van der Waals surface area contributed by atoms with Crippen molar-refractivity contribution in [2.75, 3.05) is 0 Å². The van der Waals surface area contributed by atoms with E-state index in [0.717, 1.165) is 10.2 Å². The molecule has 0 unspecified atom stereocenters. The molecule has 1 N–H and O–H groups in total. The first-order chi connectivity index (χ1) is 13.3. The minimum Gasteiger partial charge on any atom is -0.543 e. The number of hydrogen-bond acceptors (Lipinski definition) is 8. The smallest absolute Gasteiger partial charge is 0.543 e. The van der Waals surface area contributed by atoms with Crippen LogP contribution < -0.4 is 69.8 Å². The van der Waals surface area contributed by atoms with Crippen LogP contribution >= 0.6 is 0 Å². The molecule has 0 amide bonds. The molecule has 0 saturated heterocycles. The number of hydrogen-bond donors (Lipinski definition) is 1. The molecule has 3 aromatic rings. The maximum atomic E-state index is 12.5. The normalized spacial score (nSPS) is 9.63. The minimum absolute atomic E-state index is 0. The first-order valence-electron chi connectivity index (χ1n) is 7.57. The Hall–Kier alpha value is -1.86. The minimum atomic E-state index is -3.11. The van der Waals surface area contributed by atoms with Gasteiger partial charge in [0.2, 0.25) is 0 Å². The predicted molar refractivity (Wildman–Crippen MR) is 94.6 cm³/mol. The first-order valence-corrected chi connectivity index (χ1v) is 8.57. The van der Waals surface area contributed by atoms with Crippen LogP contribution in [0.25, 0.3) is 5.69 Å². The summed E-state index contributed by atoms with van der Waals surface area (Å²) in [5.74, 6) is -1.53. The summed E-state index contributed by atoms with van der Waals surface area (Å²) in [6, 6.07) is 16.4. The van der Waals surface area contributed by atoms with Crippen molar-refractivity contribution in [2.45, 2.75) is 6.92 Å². The van der Waals surface area contributed by atoms with E-state index in [9.17, 15) is 14.7 Å². The Bertz CT molecular complexity index is 1170. The van der Waals surface area contributed by atoms with Crippen LogP contribution in [0.15, 0.2) is 63.6 Å². The predicted octanol–water partition coefficient (Wildman–Crippen LogP) is -4.94. The summed E-state index contributed by atoms with van der Waals surface area (Å²) in [5.41, 5.74) is 0.614. The van der Waals surface area contributed by atoms with Gasteiger partial charge in [0.05, 0.1) is 11.7 Å². The van der Waals surface area contributed by atoms with Crippen LogP contribution in [-0.4, -0.2) is 28.4 Å². The third kappa shape index (κ3) is 8.11. The fraction of sp³-hybridized carbons (Fsp3) is 0.0588. The monoisotopic (exact) mass is 446 g/mol. The Morgan fingerprint density at radius 1 is 1.03 bits per heavy atom. The van der Waals surface area contributed by atoms with Gasteiger partial charge >= 0.3 is 69.7 Å². The van der Waals surface area contributed by atoms with E-state index in [0.29, 0.717) is 11.4 Å². The molecule has 0 fully saturated rings. The molecule has 0 aliphatic rings. The fourth-order valence-electron chi connectivity index (χ4n) is 2.09. The van der Waals surface area contributed by atoms with Gasteiger partial charge < -0.3 is 9.90 Å². The average Bonchev–Trinajstić information content (AvgIpc) is 2.98. The van der Waals surface area contributed by atoms with E-state index in [1.54, 1.807) is 36.4 Å². The summed E-state index contributed by atoms with van der Waals surface area (Å²) in [7, 11) is -3.11. The summed E-state index contributed by atoms with van der Waals surface area (Å²) in [5, 5.41) is 21.5. The number of aryl methyl sites for hydroxylation is 1. The van der Waals surface area contributed by atoms with Crippen molar-refractivity contribution in [3.8, 4) is 5.69 Å². The molecule has 0 spiro atoms. The summed E-state index contributed by atoms with van der Waals surface area (Å²) in [6.07, 6.45) is 0. The number of aromatic amines is 1. The van der Waals surface area contributed by atoms with E-state index in [-0.39, 0.29) is 64.8 Å². The first kappa shape index (κ1) is 28.1. The zero-order chi connectivity index (χ0) is 20.7. The van der Waals surface area contributed by atoms with Gasteiger partial charge in [-0.15, -0.1) is 29.9 Å². The number of carbonyl (C=O) groups excluding carboxylic acids is 1. The topological polar surface area (TPSA) is 154 Å². The molecule has 10 nitrogen and oxygen atoms in total. The number of nitrogens with zero attached hydrogens (tertiary/aromatic N) is 3. The number of nitrogens with one attached hydrogen (secondary N) is 1. The molecule has 13 heteroatoms. The van der Waals surface area contributed by atoms with Crippen molar-refractivity contribution in [2.24, 2.45) is 10.2 Å². The van der Waals surface area contributed by atoms with Crippen molar-refractivity contribution in [3.63, 3.8) is 0 Å². The van der Waals surface area contributed by atoms with Gasteiger partial charge in [-0.3, -0.25) is 9.89 Å². The van der Waals surface area contributed by atoms with Crippen LogP contribution in [0.1, 0.15) is 16.1 Å². The molecule has 0 saturated carbocycles. The maximum Gasteiger partial charge on any atom is 1.00 e. The summed E-state index contributed by atoms with van der Waals surface area (Å²) in [4.78, 5) is 23.8. The Labute approximate surface area is 216 Å². The number of carboxylic acids is 1. The molecule has 30 heavy (non-hydrogen) atoms. The number of aromatic nitrogens is 2. The van der Waals surface area contributed by atoms with Gasteiger partial charge in [0, 0.05) is 0 Å². The van der Waals surface area contributed by atoms with Crippen LogP contribution in [0.4, 0.5) is 11.4 Å². The molecule has 0 radical (unpaired) electrons. The molecule has 1 heterocycles. The van der Waals surface area contributed by atoms with E-state index >= 15 is 0 Å². The molecule has 3 rings (SSSR count). The average molecular weight is 446 g/mol. The molecular formula is C17H12N4Na2O6S. The molecule has 0 bridgehead atoms. The van der Waals surface area contributed by atoms with Crippen LogP contribution in [-0.2, 0) is 10.6 Å². The largest absolute Gasteiger partial charge is 1.00 e. The van der Waals surface area contributed by atoms with Crippen LogP contribution in [0.5, 0.6) is 0 Å². The molecule has 1 aromatic heterocycles. The van der Waals surface area contributed by atoms with Gasteiger partial charge in [0.25, 0.3) is 5.56 Å². The summed E-state index contributed by atoms with van der Waals surface area (Å²) < 4.78 is 26.4. The van der Waals surface area contributed by atoms with Crippen molar-refractivity contribution in [3.05, 3.63) is 76.2 Å². The molecule has 0 aliphatic carbocycles. The maximum absolute atomic E-state index is 12.5. The van der Waals surface area contributed by atoms with E-state index in [4.69, 9.17) is 12.6 Å². The number of benzene rings is 2. The second-order valence-electron chi connectivity index (χ2n) is 5.26. The number of rotatable bonds is 4. The summed E-state index contributed by atoms with van der Waals surface area (Å²) >= 11 is 0. The fourth-order valence-corrected chi connectivity index (χ4v) is 2.09.